The molecule has 1 heterocycles. The summed E-state index contributed by atoms with van der Waals surface area (Å²) in [6.45, 7) is 0. The SMILES string of the molecule is O=C(CI)c1cccs1. The van der Waals surface area contributed by atoms with Crippen molar-refractivity contribution in [1.29, 1.82) is 0 Å². The van der Waals surface area contributed by atoms with Crippen molar-refractivity contribution in [2.24, 2.45) is 0 Å². The van der Waals surface area contributed by atoms with Crippen molar-refractivity contribution in [1.82, 2.24) is 0 Å². The van der Waals surface area contributed by atoms with Crippen LogP contribution in [-0.2, 0) is 0 Å². The minimum Gasteiger partial charge on any atom is -0.292 e. The van der Waals surface area contributed by atoms with Crippen LogP contribution < -0.4 is 0 Å². The van der Waals surface area contributed by atoms with Crippen LogP contribution in [0.3, 0.4) is 0 Å². The Morgan fingerprint density at radius 3 is 3.00 bits per heavy atom. The molecule has 0 aliphatic carbocycles. The van der Waals surface area contributed by atoms with Gasteiger partial charge in [-0.3, -0.25) is 4.79 Å². The van der Waals surface area contributed by atoms with Gasteiger partial charge in [-0.15, -0.1) is 11.3 Å². The molecule has 0 amide bonds. The summed E-state index contributed by atoms with van der Waals surface area (Å²) in [7, 11) is 0. The molecular formula is C6H5IOS. The molecule has 0 saturated heterocycles. The normalized spacial score (nSPS) is 9.44. The summed E-state index contributed by atoms with van der Waals surface area (Å²) in [4.78, 5) is 11.7. The number of carbonyl (C=O) groups excluding carboxylic acids is 1. The highest BCUT2D eigenvalue weighted by molar-refractivity contribution is 14.1. The lowest BCUT2D eigenvalue weighted by Gasteiger charge is -1.85. The summed E-state index contributed by atoms with van der Waals surface area (Å²) < 4.78 is 0.582. The second-order valence-electron chi connectivity index (χ2n) is 1.53. The lowest BCUT2D eigenvalue weighted by atomic mass is 10.4. The van der Waals surface area contributed by atoms with E-state index in [1.807, 2.05) is 17.5 Å². The number of hydrogen-bond donors (Lipinski definition) is 0. The van der Waals surface area contributed by atoms with Gasteiger partial charge in [0, 0.05) is 0 Å². The highest BCUT2D eigenvalue weighted by Crippen LogP contribution is 2.09. The molecule has 0 aliphatic heterocycles. The Kier molecular flexibility index (Phi) is 2.65. The molecule has 9 heavy (non-hydrogen) atoms. The molecule has 0 unspecified atom stereocenters. The van der Waals surface area contributed by atoms with E-state index in [4.69, 9.17) is 0 Å². The number of Topliss-reactive ketones (excluding diaryl/α,β-unsaturated/α-hetero) is 1. The van der Waals surface area contributed by atoms with E-state index in [9.17, 15) is 4.79 Å². The second kappa shape index (κ2) is 3.31. The Labute approximate surface area is 71.2 Å². The van der Waals surface area contributed by atoms with Crippen molar-refractivity contribution in [3.05, 3.63) is 22.4 Å². The second-order valence-corrected chi connectivity index (χ2v) is 3.24. The molecule has 1 aromatic heterocycles. The van der Waals surface area contributed by atoms with E-state index in [0.29, 0.717) is 4.43 Å². The first-order valence-corrected chi connectivity index (χ1v) is 4.88. The summed E-state index contributed by atoms with van der Waals surface area (Å²) in [6, 6.07) is 3.75. The molecule has 1 nitrogen and oxygen atoms in total. The maximum absolute atomic E-state index is 10.9. The molecule has 1 aromatic rings. The zero-order chi connectivity index (χ0) is 6.69. The van der Waals surface area contributed by atoms with Gasteiger partial charge in [0.25, 0.3) is 0 Å². The van der Waals surface area contributed by atoms with Gasteiger partial charge in [0.05, 0.1) is 9.30 Å². The molecule has 0 aromatic carbocycles. The average Bonchev–Trinajstić information content (AvgIpc) is 2.37. The number of thiophene rings is 1. The van der Waals surface area contributed by atoms with Gasteiger partial charge in [-0.1, -0.05) is 28.7 Å². The molecule has 0 fully saturated rings. The first kappa shape index (κ1) is 7.21. The van der Waals surface area contributed by atoms with Gasteiger partial charge in [-0.2, -0.15) is 0 Å². The monoisotopic (exact) mass is 252 g/mol. The Morgan fingerprint density at radius 1 is 1.78 bits per heavy atom. The van der Waals surface area contributed by atoms with Gasteiger partial charge in [0.1, 0.15) is 0 Å². The molecule has 0 bridgehead atoms. The molecule has 0 atom stereocenters. The van der Waals surface area contributed by atoms with Gasteiger partial charge in [-0.25, -0.2) is 0 Å². The van der Waals surface area contributed by atoms with Crippen molar-refractivity contribution in [2.75, 3.05) is 4.43 Å². The summed E-state index contributed by atoms with van der Waals surface area (Å²) in [5.74, 6) is 0.227. The quantitative estimate of drug-likeness (QED) is 0.448. The molecule has 0 saturated carbocycles. The molecule has 0 radical (unpaired) electrons. The highest BCUT2D eigenvalue weighted by atomic mass is 127. The lowest BCUT2D eigenvalue weighted by Crippen LogP contribution is -1.94. The fourth-order valence-corrected chi connectivity index (χ4v) is 1.84. The van der Waals surface area contributed by atoms with E-state index < -0.39 is 0 Å². The number of alkyl halides is 1. The molecule has 0 aliphatic rings. The van der Waals surface area contributed by atoms with E-state index in [1.54, 1.807) is 0 Å². The van der Waals surface area contributed by atoms with Crippen molar-refractivity contribution in [2.45, 2.75) is 0 Å². The van der Waals surface area contributed by atoms with Crippen LogP contribution in [0.2, 0.25) is 0 Å². The fourth-order valence-electron chi connectivity index (χ4n) is 0.503. The third-order valence-corrected chi connectivity index (χ3v) is 2.52. The van der Waals surface area contributed by atoms with Crippen LogP contribution in [-0.4, -0.2) is 10.2 Å². The smallest absolute Gasteiger partial charge is 0.182 e. The van der Waals surface area contributed by atoms with Crippen LogP contribution in [0.1, 0.15) is 9.67 Å². The predicted octanol–water partition coefficient (Wildman–Crippen LogP) is 2.37. The summed E-state index contributed by atoms with van der Waals surface area (Å²) in [5, 5.41) is 1.92. The highest BCUT2D eigenvalue weighted by Gasteiger charge is 2.01. The number of ketones is 1. The van der Waals surface area contributed by atoms with Crippen molar-refractivity contribution >= 4 is 39.7 Å². The average molecular weight is 252 g/mol. The molecule has 3 heteroatoms. The molecule has 0 N–H and O–H groups in total. The van der Waals surface area contributed by atoms with Crippen LogP contribution >= 0.6 is 33.9 Å². The minimum atomic E-state index is 0.227. The van der Waals surface area contributed by atoms with Gasteiger partial charge in [0.15, 0.2) is 5.78 Å². The third kappa shape index (κ3) is 1.76. The summed E-state index contributed by atoms with van der Waals surface area (Å²) >= 11 is 3.57. The maximum atomic E-state index is 10.9. The molecule has 48 valence electrons. The van der Waals surface area contributed by atoms with Crippen LogP contribution in [0, 0.1) is 0 Å². The molecular weight excluding hydrogens is 247 g/mol. The largest absolute Gasteiger partial charge is 0.292 e. The van der Waals surface area contributed by atoms with Crippen LogP contribution in [0.5, 0.6) is 0 Å². The number of rotatable bonds is 2. The number of carbonyl (C=O) groups is 1. The molecule has 0 spiro atoms. The van der Waals surface area contributed by atoms with E-state index >= 15 is 0 Å². The summed E-state index contributed by atoms with van der Waals surface area (Å²) in [5.41, 5.74) is 0. The third-order valence-electron chi connectivity index (χ3n) is 0.917. The first-order valence-electron chi connectivity index (χ1n) is 2.47. The van der Waals surface area contributed by atoms with Gasteiger partial charge in [0.2, 0.25) is 0 Å². The zero-order valence-electron chi connectivity index (χ0n) is 4.63. The lowest BCUT2D eigenvalue weighted by molar-refractivity contribution is 0.102. The van der Waals surface area contributed by atoms with Gasteiger partial charge < -0.3 is 0 Å². The van der Waals surface area contributed by atoms with Crippen molar-refractivity contribution < 1.29 is 4.79 Å². The Morgan fingerprint density at radius 2 is 2.56 bits per heavy atom. The standard InChI is InChI=1S/C6H5IOS/c7-4-5(8)6-2-1-3-9-6/h1-3H,4H2. The predicted molar refractivity (Wildman–Crippen MR) is 47.5 cm³/mol. The van der Waals surface area contributed by atoms with E-state index in [1.165, 1.54) is 11.3 Å². The Bertz CT molecular complexity index is 193. The molecule has 1 rings (SSSR count). The van der Waals surface area contributed by atoms with E-state index in [-0.39, 0.29) is 5.78 Å². The maximum Gasteiger partial charge on any atom is 0.182 e. The zero-order valence-corrected chi connectivity index (χ0v) is 7.61. The van der Waals surface area contributed by atoms with Crippen LogP contribution in [0.25, 0.3) is 0 Å². The number of hydrogen-bond acceptors (Lipinski definition) is 2. The van der Waals surface area contributed by atoms with Crippen LogP contribution in [0.15, 0.2) is 17.5 Å². The van der Waals surface area contributed by atoms with Gasteiger partial charge in [-0.05, 0) is 11.4 Å². The number of halogens is 1. The van der Waals surface area contributed by atoms with Crippen LogP contribution in [0.4, 0.5) is 0 Å². The summed E-state index contributed by atoms with van der Waals surface area (Å²) in [6.07, 6.45) is 0. The Hall–Kier alpha value is 0.1000. The minimum absolute atomic E-state index is 0.227. The van der Waals surface area contributed by atoms with E-state index in [0.717, 1.165) is 4.88 Å². The van der Waals surface area contributed by atoms with Crippen molar-refractivity contribution in [3.8, 4) is 0 Å². The van der Waals surface area contributed by atoms with Gasteiger partial charge >= 0.3 is 0 Å². The first-order chi connectivity index (χ1) is 4.34. The van der Waals surface area contributed by atoms with E-state index in [2.05, 4.69) is 22.6 Å². The topological polar surface area (TPSA) is 17.1 Å². The fraction of sp³-hybridized carbons (Fsp3) is 0.167. The Balaban J connectivity index is 2.77. The van der Waals surface area contributed by atoms with Crippen molar-refractivity contribution in [3.63, 3.8) is 0 Å².